The number of rotatable bonds is 4. The number of aromatic carboxylic acids is 1. The van der Waals surface area contributed by atoms with Gasteiger partial charge in [0.1, 0.15) is 6.04 Å². The molecule has 2 N–H and O–H groups in total. The monoisotopic (exact) mass is 358 g/mol. The molecule has 1 aliphatic rings. The molecule has 2 aromatic carbocycles. The second-order valence-corrected chi connectivity index (χ2v) is 6.11. The number of amides is 2. The maximum atomic E-state index is 12.5. The Bertz CT molecular complexity index is 852. The van der Waals surface area contributed by atoms with Crippen LogP contribution in [0.25, 0.3) is 0 Å². The highest BCUT2D eigenvalue weighted by molar-refractivity contribution is 6.31. The number of hydrogen-bond acceptors (Lipinski definition) is 3. The Morgan fingerprint density at radius 2 is 1.84 bits per heavy atom. The van der Waals surface area contributed by atoms with Crippen molar-refractivity contribution in [1.29, 1.82) is 0 Å². The van der Waals surface area contributed by atoms with Crippen LogP contribution in [-0.2, 0) is 4.79 Å². The lowest BCUT2D eigenvalue weighted by Crippen LogP contribution is -2.41. The minimum absolute atomic E-state index is 0.0194. The van der Waals surface area contributed by atoms with Gasteiger partial charge in [0.15, 0.2) is 0 Å². The van der Waals surface area contributed by atoms with Crippen LogP contribution in [-0.4, -0.2) is 35.5 Å². The number of nitrogens with zero attached hydrogens (tertiary/aromatic N) is 1. The van der Waals surface area contributed by atoms with Crippen LogP contribution in [0, 0.1) is 0 Å². The van der Waals surface area contributed by atoms with Crippen molar-refractivity contribution in [1.82, 2.24) is 5.32 Å². The molecule has 0 aliphatic carbocycles. The van der Waals surface area contributed by atoms with Crippen LogP contribution in [0.5, 0.6) is 0 Å². The smallest absolute Gasteiger partial charge is 0.335 e. The molecule has 0 saturated carbocycles. The van der Waals surface area contributed by atoms with Gasteiger partial charge in [0.05, 0.1) is 5.56 Å². The van der Waals surface area contributed by atoms with E-state index in [9.17, 15) is 14.4 Å². The Morgan fingerprint density at radius 3 is 2.56 bits per heavy atom. The minimum Gasteiger partial charge on any atom is -0.478 e. The fraction of sp³-hybridized carbons (Fsp3) is 0.167. The zero-order valence-corrected chi connectivity index (χ0v) is 13.9. The van der Waals surface area contributed by atoms with E-state index in [1.54, 1.807) is 29.2 Å². The maximum Gasteiger partial charge on any atom is 0.335 e. The van der Waals surface area contributed by atoms with E-state index in [0.29, 0.717) is 23.7 Å². The van der Waals surface area contributed by atoms with E-state index < -0.39 is 17.9 Å². The highest BCUT2D eigenvalue weighted by atomic mass is 35.5. The number of halogens is 1. The van der Waals surface area contributed by atoms with Crippen molar-refractivity contribution in [2.24, 2.45) is 0 Å². The van der Waals surface area contributed by atoms with E-state index >= 15 is 0 Å². The quantitative estimate of drug-likeness (QED) is 0.879. The highest BCUT2D eigenvalue weighted by Gasteiger charge is 2.33. The second-order valence-electron chi connectivity index (χ2n) is 5.67. The molecule has 1 atom stereocenters. The maximum absolute atomic E-state index is 12.5. The van der Waals surface area contributed by atoms with Gasteiger partial charge in [-0.05, 0) is 42.8 Å². The molecule has 2 amide bonds. The van der Waals surface area contributed by atoms with Gasteiger partial charge in [0, 0.05) is 22.8 Å². The Hall–Kier alpha value is -2.86. The van der Waals surface area contributed by atoms with E-state index in [2.05, 4.69) is 5.32 Å². The van der Waals surface area contributed by atoms with Crippen LogP contribution >= 0.6 is 11.6 Å². The van der Waals surface area contributed by atoms with E-state index in [0.717, 1.165) is 0 Å². The van der Waals surface area contributed by atoms with Gasteiger partial charge in [-0.2, -0.15) is 0 Å². The Balaban J connectivity index is 1.72. The summed E-state index contributed by atoms with van der Waals surface area (Å²) < 4.78 is 0. The van der Waals surface area contributed by atoms with E-state index in [-0.39, 0.29) is 17.0 Å². The molecule has 0 aromatic heterocycles. The third kappa shape index (κ3) is 3.64. The van der Waals surface area contributed by atoms with Crippen LogP contribution in [0.4, 0.5) is 5.69 Å². The van der Waals surface area contributed by atoms with Crippen LogP contribution in [0.1, 0.15) is 27.1 Å². The first-order chi connectivity index (χ1) is 12.0. The highest BCUT2D eigenvalue weighted by Crippen LogP contribution is 2.24. The number of carbonyl (C=O) groups excluding carboxylic acids is 2. The predicted molar refractivity (Wildman–Crippen MR) is 93.1 cm³/mol. The molecule has 1 aliphatic heterocycles. The Kier molecular flexibility index (Phi) is 4.72. The molecule has 1 heterocycles. The van der Waals surface area contributed by atoms with Gasteiger partial charge < -0.3 is 15.3 Å². The Morgan fingerprint density at radius 1 is 1.12 bits per heavy atom. The number of carboxylic acid groups (broad SMARTS) is 1. The van der Waals surface area contributed by atoms with Crippen LogP contribution < -0.4 is 10.2 Å². The molecule has 2 aromatic rings. The molecule has 0 radical (unpaired) electrons. The average molecular weight is 359 g/mol. The zero-order chi connectivity index (χ0) is 18.0. The number of carbonyl (C=O) groups is 3. The van der Waals surface area contributed by atoms with Crippen molar-refractivity contribution in [3.63, 3.8) is 0 Å². The van der Waals surface area contributed by atoms with Crippen molar-refractivity contribution in [2.75, 3.05) is 11.4 Å². The van der Waals surface area contributed by atoms with Crippen molar-refractivity contribution < 1.29 is 19.5 Å². The molecular weight excluding hydrogens is 344 g/mol. The molecule has 25 heavy (non-hydrogen) atoms. The zero-order valence-electron chi connectivity index (χ0n) is 13.1. The molecule has 1 saturated heterocycles. The molecule has 3 rings (SSSR count). The number of hydrogen-bond donors (Lipinski definition) is 2. The standard InChI is InChI=1S/C18H15ClN2O4/c19-13-5-2-6-14(10-13)21-8-7-15(17(21)23)20-16(22)11-3-1-4-12(9-11)18(24)25/h1-6,9-10,15H,7-8H2,(H,20,22)(H,24,25). The van der Waals surface area contributed by atoms with Crippen LogP contribution in [0.2, 0.25) is 5.02 Å². The van der Waals surface area contributed by atoms with Gasteiger partial charge in [-0.25, -0.2) is 4.79 Å². The number of carboxylic acids is 1. The van der Waals surface area contributed by atoms with Gasteiger partial charge in [0.2, 0.25) is 5.91 Å². The summed E-state index contributed by atoms with van der Waals surface area (Å²) in [6.07, 6.45) is 0.468. The summed E-state index contributed by atoms with van der Waals surface area (Å²) in [7, 11) is 0. The van der Waals surface area contributed by atoms with E-state index in [1.165, 1.54) is 24.3 Å². The summed E-state index contributed by atoms with van der Waals surface area (Å²) in [6, 6.07) is 12.0. The first kappa shape index (κ1) is 17.0. The van der Waals surface area contributed by atoms with Crippen LogP contribution in [0.15, 0.2) is 48.5 Å². The van der Waals surface area contributed by atoms with E-state index in [4.69, 9.17) is 16.7 Å². The lowest BCUT2D eigenvalue weighted by molar-refractivity contribution is -0.118. The predicted octanol–water partition coefficient (Wildman–Crippen LogP) is 2.57. The van der Waals surface area contributed by atoms with Crippen molar-refractivity contribution >= 4 is 35.1 Å². The molecular formula is C18H15ClN2O4. The largest absolute Gasteiger partial charge is 0.478 e. The summed E-state index contributed by atoms with van der Waals surface area (Å²) in [4.78, 5) is 37.4. The normalized spacial score (nSPS) is 16.8. The third-order valence-electron chi connectivity index (χ3n) is 4.00. The summed E-state index contributed by atoms with van der Waals surface area (Å²) >= 11 is 5.96. The van der Waals surface area contributed by atoms with Gasteiger partial charge >= 0.3 is 5.97 Å². The number of nitrogens with one attached hydrogen (secondary N) is 1. The third-order valence-corrected chi connectivity index (χ3v) is 4.24. The van der Waals surface area contributed by atoms with E-state index in [1.807, 2.05) is 0 Å². The summed E-state index contributed by atoms with van der Waals surface area (Å²) in [5.41, 5.74) is 0.905. The number of benzene rings is 2. The summed E-state index contributed by atoms with van der Waals surface area (Å²) in [5.74, 6) is -1.81. The lowest BCUT2D eigenvalue weighted by Gasteiger charge is -2.17. The van der Waals surface area contributed by atoms with Crippen LogP contribution in [0.3, 0.4) is 0 Å². The summed E-state index contributed by atoms with van der Waals surface area (Å²) in [5, 5.41) is 12.2. The minimum atomic E-state index is -1.11. The van der Waals surface area contributed by atoms with Crippen molar-refractivity contribution in [2.45, 2.75) is 12.5 Å². The van der Waals surface area contributed by atoms with Gasteiger partial charge in [-0.3, -0.25) is 9.59 Å². The average Bonchev–Trinajstić information content (AvgIpc) is 2.95. The molecule has 1 unspecified atom stereocenters. The first-order valence-corrected chi connectivity index (χ1v) is 8.04. The second kappa shape index (κ2) is 6.94. The van der Waals surface area contributed by atoms with Gasteiger partial charge in [0.25, 0.3) is 5.91 Å². The summed E-state index contributed by atoms with van der Waals surface area (Å²) in [6.45, 7) is 0.472. The SMILES string of the molecule is O=C(O)c1cccc(C(=O)NC2CCN(c3cccc(Cl)c3)C2=O)c1. The van der Waals surface area contributed by atoms with Gasteiger partial charge in [-0.15, -0.1) is 0 Å². The molecule has 1 fully saturated rings. The number of anilines is 1. The molecule has 128 valence electrons. The molecule has 7 heteroatoms. The van der Waals surface area contributed by atoms with Gasteiger partial charge in [-0.1, -0.05) is 23.7 Å². The molecule has 6 nitrogen and oxygen atoms in total. The van der Waals surface area contributed by atoms with Crippen molar-refractivity contribution in [3.05, 3.63) is 64.7 Å². The topological polar surface area (TPSA) is 86.7 Å². The fourth-order valence-corrected chi connectivity index (χ4v) is 2.93. The Labute approximate surface area is 149 Å². The van der Waals surface area contributed by atoms with Crippen molar-refractivity contribution in [3.8, 4) is 0 Å². The lowest BCUT2D eigenvalue weighted by atomic mass is 10.1. The first-order valence-electron chi connectivity index (χ1n) is 7.67. The molecule has 0 spiro atoms. The molecule has 0 bridgehead atoms. The fourth-order valence-electron chi connectivity index (χ4n) is 2.75.